The number of carbonyl (C=O) groups is 1. The van der Waals surface area contributed by atoms with Crippen molar-refractivity contribution in [1.82, 2.24) is 5.32 Å². The number of nitrogens with two attached hydrogens (primary N) is 1. The molecule has 4 nitrogen and oxygen atoms in total. The summed E-state index contributed by atoms with van der Waals surface area (Å²) in [5.41, 5.74) is 7.21. The third-order valence-corrected chi connectivity index (χ3v) is 5.53. The van der Waals surface area contributed by atoms with Gasteiger partial charge in [-0.3, -0.25) is 4.79 Å². The van der Waals surface area contributed by atoms with Crippen molar-refractivity contribution in [2.24, 2.45) is 11.7 Å². The van der Waals surface area contributed by atoms with Crippen molar-refractivity contribution in [3.05, 3.63) is 33.8 Å². The number of amides is 1. The van der Waals surface area contributed by atoms with Gasteiger partial charge in [-0.15, -0.1) is 0 Å². The second-order valence-corrected chi connectivity index (χ2v) is 7.68. The van der Waals surface area contributed by atoms with E-state index < -0.39 is 6.10 Å². The predicted octanol–water partition coefficient (Wildman–Crippen LogP) is 3.96. The summed E-state index contributed by atoms with van der Waals surface area (Å²) in [6.45, 7) is 0.482. The molecular weight excluding hydrogens is 359 g/mol. The Morgan fingerprint density at radius 3 is 2.68 bits per heavy atom. The van der Waals surface area contributed by atoms with Gasteiger partial charge in [0.05, 0.1) is 0 Å². The first kappa shape index (κ1) is 20.5. The molecule has 0 bridgehead atoms. The molecule has 2 atom stereocenters. The number of carbonyl (C=O) groups excluding carboxylic acids is 1. The zero-order valence-corrected chi connectivity index (χ0v) is 16.3. The topological polar surface area (TPSA) is 64.3 Å². The van der Waals surface area contributed by atoms with Crippen molar-refractivity contribution in [1.29, 1.82) is 0 Å². The summed E-state index contributed by atoms with van der Waals surface area (Å²) >= 11 is 12.0. The highest BCUT2D eigenvalue weighted by molar-refractivity contribution is 6.35. The Morgan fingerprint density at radius 1 is 1.32 bits per heavy atom. The minimum Gasteiger partial charge on any atom is -0.370 e. The van der Waals surface area contributed by atoms with Crippen molar-refractivity contribution < 1.29 is 9.53 Å². The van der Waals surface area contributed by atoms with Crippen LogP contribution in [0.1, 0.15) is 44.1 Å². The van der Waals surface area contributed by atoms with Gasteiger partial charge in [0, 0.05) is 29.7 Å². The van der Waals surface area contributed by atoms with Gasteiger partial charge in [-0.05, 0) is 36.5 Å². The fourth-order valence-electron chi connectivity index (χ4n) is 3.55. The average molecular weight is 387 g/mol. The van der Waals surface area contributed by atoms with E-state index in [0.29, 0.717) is 28.9 Å². The van der Waals surface area contributed by atoms with Crippen LogP contribution < -0.4 is 11.1 Å². The van der Waals surface area contributed by atoms with Crippen LogP contribution in [0, 0.1) is 5.92 Å². The van der Waals surface area contributed by atoms with Gasteiger partial charge in [0.25, 0.3) is 5.91 Å². The lowest BCUT2D eigenvalue weighted by Crippen LogP contribution is -2.48. The summed E-state index contributed by atoms with van der Waals surface area (Å²) in [6.07, 6.45) is 7.13. The molecule has 0 saturated heterocycles. The van der Waals surface area contributed by atoms with E-state index in [-0.39, 0.29) is 11.9 Å². The molecule has 2 rings (SSSR count). The zero-order valence-electron chi connectivity index (χ0n) is 14.8. The number of ether oxygens (including phenoxy) is 1. The second-order valence-electron chi connectivity index (χ2n) is 6.84. The molecule has 1 aromatic rings. The molecule has 0 spiro atoms. The summed E-state index contributed by atoms with van der Waals surface area (Å²) in [5.74, 6) is 0.456. The third-order valence-electron chi connectivity index (χ3n) is 4.94. The lowest BCUT2D eigenvalue weighted by Gasteiger charge is -2.28. The lowest BCUT2D eigenvalue weighted by atomic mass is 9.84. The van der Waals surface area contributed by atoms with Gasteiger partial charge in [0.1, 0.15) is 0 Å². The number of rotatable bonds is 8. The molecule has 25 heavy (non-hydrogen) atoms. The predicted molar refractivity (Wildman–Crippen MR) is 103 cm³/mol. The molecule has 1 aliphatic rings. The fraction of sp³-hybridized carbons (Fsp3) is 0.632. The van der Waals surface area contributed by atoms with Crippen LogP contribution in [-0.4, -0.2) is 31.7 Å². The van der Waals surface area contributed by atoms with E-state index in [1.165, 1.54) is 32.1 Å². The standard InChI is InChI=1S/C19H28Cl2N2O2/c1-25-18(17(22)11-13-5-3-2-4-6-13)19(24)23-10-9-14-7-8-15(20)12-16(14)21/h7-8,12-13,17-18H,2-6,9-11,22H2,1H3,(H,23,24)/t17-,18?/m1/s1. The highest BCUT2D eigenvalue weighted by Crippen LogP contribution is 2.27. The van der Waals surface area contributed by atoms with E-state index in [0.717, 1.165) is 12.0 Å². The largest absolute Gasteiger partial charge is 0.370 e. The molecule has 140 valence electrons. The molecule has 1 aliphatic carbocycles. The number of hydrogen-bond donors (Lipinski definition) is 2. The normalized spacial score (nSPS) is 17.9. The number of nitrogens with one attached hydrogen (secondary N) is 1. The first-order valence-electron chi connectivity index (χ1n) is 9.01. The van der Waals surface area contributed by atoms with E-state index in [1.807, 2.05) is 6.07 Å². The molecule has 0 aliphatic heterocycles. The first-order chi connectivity index (χ1) is 12.0. The fourth-order valence-corrected chi connectivity index (χ4v) is 4.06. The number of benzene rings is 1. The van der Waals surface area contributed by atoms with Crippen molar-refractivity contribution in [2.75, 3.05) is 13.7 Å². The van der Waals surface area contributed by atoms with Crippen molar-refractivity contribution >= 4 is 29.1 Å². The van der Waals surface area contributed by atoms with Gasteiger partial charge in [-0.25, -0.2) is 0 Å². The number of methoxy groups -OCH3 is 1. The Kier molecular flexibility index (Phi) is 8.50. The van der Waals surface area contributed by atoms with Crippen molar-refractivity contribution in [3.8, 4) is 0 Å². The van der Waals surface area contributed by atoms with E-state index in [4.69, 9.17) is 33.7 Å². The quantitative estimate of drug-likeness (QED) is 0.710. The van der Waals surface area contributed by atoms with Crippen LogP contribution in [0.4, 0.5) is 0 Å². The third kappa shape index (κ3) is 6.45. The maximum absolute atomic E-state index is 12.4. The van der Waals surface area contributed by atoms with Crippen molar-refractivity contribution in [2.45, 2.75) is 57.1 Å². The van der Waals surface area contributed by atoms with Crippen molar-refractivity contribution in [3.63, 3.8) is 0 Å². The number of hydrogen-bond acceptors (Lipinski definition) is 3. The summed E-state index contributed by atoms with van der Waals surface area (Å²) in [4.78, 5) is 12.4. The average Bonchev–Trinajstić information content (AvgIpc) is 2.58. The highest BCUT2D eigenvalue weighted by Gasteiger charge is 2.28. The Bertz CT molecular complexity index is 562. The summed E-state index contributed by atoms with van der Waals surface area (Å²) in [5, 5.41) is 4.12. The second kappa shape index (κ2) is 10.4. The maximum Gasteiger partial charge on any atom is 0.250 e. The first-order valence-corrected chi connectivity index (χ1v) is 9.77. The van der Waals surface area contributed by atoms with E-state index in [1.54, 1.807) is 19.2 Å². The number of halogens is 2. The molecule has 3 N–H and O–H groups in total. The van der Waals surface area contributed by atoms with Crippen LogP contribution in [0.2, 0.25) is 10.0 Å². The van der Waals surface area contributed by atoms with Gasteiger partial charge >= 0.3 is 0 Å². The van der Waals surface area contributed by atoms with E-state index >= 15 is 0 Å². The smallest absolute Gasteiger partial charge is 0.250 e. The van der Waals surface area contributed by atoms with Gasteiger partial charge in [-0.2, -0.15) is 0 Å². The van der Waals surface area contributed by atoms with Gasteiger partial charge in [0.15, 0.2) is 6.10 Å². The maximum atomic E-state index is 12.4. The minimum atomic E-state index is -0.609. The zero-order chi connectivity index (χ0) is 18.2. The molecule has 1 unspecified atom stereocenters. The Hall–Kier alpha value is -0.810. The van der Waals surface area contributed by atoms with E-state index in [2.05, 4.69) is 5.32 Å². The molecular formula is C19H28Cl2N2O2. The molecule has 0 aromatic heterocycles. The summed E-state index contributed by atoms with van der Waals surface area (Å²) in [6, 6.07) is 5.10. The van der Waals surface area contributed by atoms with Crippen LogP contribution in [0.5, 0.6) is 0 Å². The highest BCUT2D eigenvalue weighted by atomic mass is 35.5. The van der Waals surface area contributed by atoms with Crippen LogP contribution in [-0.2, 0) is 16.0 Å². The minimum absolute atomic E-state index is 0.157. The van der Waals surface area contributed by atoms with Crippen LogP contribution in [0.25, 0.3) is 0 Å². The molecule has 1 saturated carbocycles. The molecule has 1 amide bonds. The molecule has 1 fully saturated rings. The SMILES string of the molecule is COC(C(=O)NCCc1ccc(Cl)cc1Cl)[C@H](N)CC1CCCCC1. The van der Waals surface area contributed by atoms with Gasteiger partial charge in [0.2, 0.25) is 0 Å². The Labute approximate surface area is 160 Å². The monoisotopic (exact) mass is 386 g/mol. The lowest BCUT2D eigenvalue weighted by molar-refractivity contribution is -0.132. The molecule has 1 aromatic carbocycles. The van der Waals surface area contributed by atoms with Crippen LogP contribution in [0.3, 0.4) is 0 Å². The summed E-state index contributed by atoms with van der Waals surface area (Å²) < 4.78 is 5.38. The molecule has 0 heterocycles. The van der Waals surface area contributed by atoms with E-state index in [9.17, 15) is 4.79 Å². The Morgan fingerprint density at radius 2 is 2.04 bits per heavy atom. The van der Waals surface area contributed by atoms with Gasteiger partial charge in [-0.1, -0.05) is 61.4 Å². The molecule has 0 radical (unpaired) electrons. The van der Waals surface area contributed by atoms with Crippen LogP contribution >= 0.6 is 23.2 Å². The van der Waals surface area contributed by atoms with Crippen LogP contribution in [0.15, 0.2) is 18.2 Å². The summed E-state index contributed by atoms with van der Waals surface area (Å²) in [7, 11) is 1.54. The Balaban J connectivity index is 1.80. The molecule has 6 heteroatoms. The van der Waals surface area contributed by atoms with Gasteiger partial charge < -0.3 is 15.8 Å².